The SMILES string of the molecule is NC(c1ccncc1F)C1CSCCO1. The average molecular weight is 228 g/mol. The van der Waals surface area contributed by atoms with Crippen molar-refractivity contribution < 1.29 is 9.13 Å². The highest BCUT2D eigenvalue weighted by atomic mass is 32.2. The molecule has 2 N–H and O–H groups in total. The summed E-state index contributed by atoms with van der Waals surface area (Å²) in [5.41, 5.74) is 6.45. The van der Waals surface area contributed by atoms with Gasteiger partial charge < -0.3 is 10.5 Å². The van der Waals surface area contributed by atoms with Crippen molar-refractivity contribution in [3.63, 3.8) is 0 Å². The van der Waals surface area contributed by atoms with Gasteiger partial charge in [-0.3, -0.25) is 4.98 Å². The number of nitrogens with two attached hydrogens (primary N) is 1. The van der Waals surface area contributed by atoms with Crippen LogP contribution in [0.5, 0.6) is 0 Å². The fraction of sp³-hybridized carbons (Fsp3) is 0.500. The van der Waals surface area contributed by atoms with Crippen molar-refractivity contribution in [2.24, 2.45) is 5.73 Å². The molecule has 1 aromatic rings. The van der Waals surface area contributed by atoms with E-state index in [1.807, 2.05) is 0 Å². The molecular weight excluding hydrogens is 215 g/mol. The van der Waals surface area contributed by atoms with Crippen LogP contribution in [0, 0.1) is 5.82 Å². The molecule has 5 heteroatoms. The summed E-state index contributed by atoms with van der Waals surface area (Å²) in [6.45, 7) is 0.690. The number of hydrogen-bond donors (Lipinski definition) is 1. The summed E-state index contributed by atoms with van der Waals surface area (Å²) in [6, 6.07) is 1.21. The van der Waals surface area contributed by atoms with Crippen LogP contribution in [0.3, 0.4) is 0 Å². The number of rotatable bonds is 2. The number of thioether (sulfide) groups is 1. The Balaban J connectivity index is 2.12. The van der Waals surface area contributed by atoms with Crippen LogP contribution in [-0.2, 0) is 4.74 Å². The van der Waals surface area contributed by atoms with Gasteiger partial charge in [0.2, 0.25) is 0 Å². The number of aromatic nitrogens is 1. The van der Waals surface area contributed by atoms with Crippen molar-refractivity contribution in [1.29, 1.82) is 0 Å². The van der Waals surface area contributed by atoms with E-state index in [0.29, 0.717) is 12.2 Å². The highest BCUT2D eigenvalue weighted by molar-refractivity contribution is 7.99. The average Bonchev–Trinajstić information content (AvgIpc) is 2.30. The minimum absolute atomic E-state index is 0.0966. The van der Waals surface area contributed by atoms with Crippen molar-refractivity contribution in [3.05, 3.63) is 29.8 Å². The summed E-state index contributed by atoms with van der Waals surface area (Å²) in [7, 11) is 0. The normalized spacial score (nSPS) is 23.7. The lowest BCUT2D eigenvalue weighted by atomic mass is 10.0. The zero-order valence-electron chi connectivity index (χ0n) is 8.23. The molecule has 1 aliphatic heterocycles. The minimum atomic E-state index is -0.402. The van der Waals surface area contributed by atoms with Gasteiger partial charge in [0.05, 0.1) is 24.9 Å². The Hall–Kier alpha value is -0.650. The van der Waals surface area contributed by atoms with Gasteiger partial charge in [0.15, 0.2) is 0 Å². The van der Waals surface area contributed by atoms with Gasteiger partial charge >= 0.3 is 0 Å². The Labute approximate surface area is 92.2 Å². The molecule has 2 unspecified atom stereocenters. The lowest BCUT2D eigenvalue weighted by Gasteiger charge is -2.27. The molecule has 3 nitrogen and oxygen atoms in total. The molecule has 2 atom stereocenters. The van der Waals surface area contributed by atoms with Crippen LogP contribution in [0.15, 0.2) is 18.5 Å². The van der Waals surface area contributed by atoms with E-state index in [-0.39, 0.29) is 11.9 Å². The van der Waals surface area contributed by atoms with Crippen LogP contribution in [-0.4, -0.2) is 29.2 Å². The zero-order valence-corrected chi connectivity index (χ0v) is 9.04. The van der Waals surface area contributed by atoms with Crippen LogP contribution in [0.25, 0.3) is 0 Å². The van der Waals surface area contributed by atoms with Gasteiger partial charge in [-0.1, -0.05) is 0 Å². The second-order valence-corrected chi connectivity index (χ2v) is 4.56. The highest BCUT2D eigenvalue weighted by Gasteiger charge is 2.24. The second-order valence-electron chi connectivity index (χ2n) is 3.41. The van der Waals surface area contributed by atoms with Crippen molar-refractivity contribution in [3.8, 4) is 0 Å². The molecule has 15 heavy (non-hydrogen) atoms. The number of nitrogens with zero attached hydrogens (tertiary/aromatic N) is 1. The van der Waals surface area contributed by atoms with Crippen molar-refractivity contribution in [2.45, 2.75) is 12.1 Å². The van der Waals surface area contributed by atoms with E-state index in [4.69, 9.17) is 10.5 Å². The van der Waals surface area contributed by atoms with Crippen LogP contribution in [0.1, 0.15) is 11.6 Å². The topological polar surface area (TPSA) is 48.1 Å². The number of halogens is 1. The Bertz CT molecular complexity index is 331. The molecule has 0 saturated carbocycles. The molecule has 0 aromatic carbocycles. The van der Waals surface area contributed by atoms with Crippen molar-refractivity contribution >= 4 is 11.8 Å². The predicted molar refractivity (Wildman–Crippen MR) is 58.2 cm³/mol. The standard InChI is InChI=1S/C10H13FN2OS/c11-8-5-13-2-1-7(8)10(12)9-6-15-4-3-14-9/h1-2,5,9-10H,3-4,6,12H2. The lowest BCUT2D eigenvalue weighted by molar-refractivity contribution is 0.0560. The molecule has 1 fully saturated rings. The van der Waals surface area contributed by atoms with E-state index in [1.54, 1.807) is 24.0 Å². The summed E-state index contributed by atoms with van der Waals surface area (Å²) in [5.74, 6) is 1.45. The van der Waals surface area contributed by atoms with Gasteiger partial charge in [0.25, 0.3) is 0 Å². The zero-order chi connectivity index (χ0) is 10.7. The molecule has 1 aromatic heterocycles. The molecule has 1 saturated heterocycles. The Kier molecular flexibility index (Phi) is 3.56. The monoisotopic (exact) mass is 228 g/mol. The Morgan fingerprint density at radius 2 is 2.53 bits per heavy atom. The maximum absolute atomic E-state index is 13.4. The maximum Gasteiger partial charge on any atom is 0.146 e. The molecule has 0 amide bonds. The van der Waals surface area contributed by atoms with E-state index in [1.165, 1.54) is 6.20 Å². The van der Waals surface area contributed by atoms with Crippen LogP contribution >= 0.6 is 11.8 Å². The summed E-state index contributed by atoms with van der Waals surface area (Å²) in [5, 5.41) is 0. The Morgan fingerprint density at radius 3 is 3.20 bits per heavy atom. The van der Waals surface area contributed by atoms with E-state index in [9.17, 15) is 4.39 Å². The van der Waals surface area contributed by atoms with Gasteiger partial charge in [0.1, 0.15) is 5.82 Å². The summed E-state index contributed by atoms with van der Waals surface area (Å²) in [6.07, 6.45) is 2.64. The summed E-state index contributed by atoms with van der Waals surface area (Å²) >= 11 is 1.79. The molecule has 1 aliphatic rings. The molecule has 0 radical (unpaired) electrons. The van der Waals surface area contributed by atoms with Crippen LogP contribution < -0.4 is 5.73 Å². The van der Waals surface area contributed by atoms with Gasteiger partial charge in [0, 0.05) is 23.3 Å². The first-order valence-electron chi connectivity index (χ1n) is 4.83. The molecule has 2 rings (SSSR count). The Morgan fingerprint density at radius 1 is 1.67 bits per heavy atom. The number of hydrogen-bond acceptors (Lipinski definition) is 4. The molecule has 82 valence electrons. The molecular formula is C10H13FN2OS. The first kappa shape index (κ1) is 10.9. The van der Waals surface area contributed by atoms with Gasteiger partial charge in [-0.2, -0.15) is 11.8 Å². The highest BCUT2D eigenvalue weighted by Crippen LogP contribution is 2.24. The molecule has 2 heterocycles. The second kappa shape index (κ2) is 4.92. The fourth-order valence-electron chi connectivity index (χ4n) is 1.57. The van der Waals surface area contributed by atoms with Crippen LogP contribution in [0.4, 0.5) is 4.39 Å². The third-order valence-electron chi connectivity index (χ3n) is 2.41. The van der Waals surface area contributed by atoms with Crippen molar-refractivity contribution in [2.75, 3.05) is 18.1 Å². The number of pyridine rings is 1. The van der Waals surface area contributed by atoms with Crippen molar-refractivity contribution in [1.82, 2.24) is 4.98 Å². The van der Waals surface area contributed by atoms with E-state index in [0.717, 1.165) is 11.5 Å². The first-order valence-corrected chi connectivity index (χ1v) is 5.99. The van der Waals surface area contributed by atoms with Gasteiger partial charge in [-0.15, -0.1) is 0 Å². The van der Waals surface area contributed by atoms with E-state index < -0.39 is 6.04 Å². The third kappa shape index (κ3) is 2.48. The first-order chi connectivity index (χ1) is 7.29. The maximum atomic E-state index is 13.4. The quantitative estimate of drug-likeness (QED) is 0.830. The third-order valence-corrected chi connectivity index (χ3v) is 3.42. The summed E-state index contributed by atoms with van der Waals surface area (Å²) < 4.78 is 18.9. The molecule has 0 spiro atoms. The van der Waals surface area contributed by atoms with Crippen LogP contribution in [0.2, 0.25) is 0 Å². The molecule has 0 bridgehead atoms. The van der Waals surface area contributed by atoms with E-state index in [2.05, 4.69) is 4.98 Å². The van der Waals surface area contributed by atoms with E-state index >= 15 is 0 Å². The lowest BCUT2D eigenvalue weighted by Crippen LogP contribution is -2.35. The summed E-state index contributed by atoms with van der Waals surface area (Å²) in [4.78, 5) is 3.70. The number of ether oxygens (including phenoxy) is 1. The predicted octanol–water partition coefficient (Wildman–Crippen LogP) is 1.35. The van der Waals surface area contributed by atoms with Gasteiger partial charge in [-0.25, -0.2) is 4.39 Å². The fourth-order valence-corrected chi connectivity index (χ4v) is 2.49. The molecule has 0 aliphatic carbocycles. The van der Waals surface area contributed by atoms with Gasteiger partial charge in [-0.05, 0) is 6.07 Å². The smallest absolute Gasteiger partial charge is 0.146 e. The minimum Gasteiger partial charge on any atom is -0.375 e. The largest absolute Gasteiger partial charge is 0.375 e.